The minimum Gasteiger partial charge on any atom is -0.392 e. The van der Waals surface area contributed by atoms with Crippen molar-refractivity contribution >= 4 is 0 Å². The van der Waals surface area contributed by atoms with Gasteiger partial charge in [-0.3, -0.25) is 4.90 Å². The fourth-order valence-electron chi connectivity index (χ4n) is 3.16. The molecule has 0 saturated carbocycles. The molecular weight excluding hydrogens is 262 g/mol. The zero-order valence-electron chi connectivity index (χ0n) is 12.5. The number of hydrogen-bond donors (Lipinski definition) is 1. The van der Waals surface area contributed by atoms with Crippen LogP contribution in [0.15, 0.2) is 42.7 Å². The Bertz CT molecular complexity index is 564. The Morgan fingerprint density at radius 2 is 2.10 bits per heavy atom. The molecule has 0 aliphatic carbocycles. The number of nitrogens with zero attached hydrogens (tertiary/aromatic N) is 3. The molecule has 0 radical (unpaired) electrons. The standard InChI is InChI=1S/C17H23N3O/c1-14(21)17-9-5-6-10-19(17)12-15-11-18-20(13-15)16-7-3-2-4-8-16/h2-4,7-8,11,13-14,17,21H,5-6,9-10,12H2,1H3/t14-,17-/m1/s1. The predicted molar refractivity (Wildman–Crippen MR) is 83.3 cm³/mol. The van der Waals surface area contributed by atoms with E-state index in [1.165, 1.54) is 18.4 Å². The van der Waals surface area contributed by atoms with Crippen LogP contribution in [-0.4, -0.2) is 38.5 Å². The van der Waals surface area contributed by atoms with E-state index in [1.807, 2.05) is 36.0 Å². The van der Waals surface area contributed by atoms with Crippen molar-refractivity contribution < 1.29 is 5.11 Å². The monoisotopic (exact) mass is 285 g/mol. The van der Waals surface area contributed by atoms with Crippen molar-refractivity contribution in [3.8, 4) is 5.69 Å². The van der Waals surface area contributed by atoms with E-state index >= 15 is 0 Å². The number of aromatic nitrogens is 2. The van der Waals surface area contributed by atoms with Crippen molar-refractivity contribution in [2.24, 2.45) is 0 Å². The quantitative estimate of drug-likeness (QED) is 0.939. The molecule has 112 valence electrons. The van der Waals surface area contributed by atoms with Gasteiger partial charge in [-0.05, 0) is 38.4 Å². The molecule has 2 heterocycles. The smallest absolute Gasteiger partial charge is 0.0667 e. The molecule has 0 bridgehead atoms. The molecule has 4 nitrogen and oxygen atoms in total. The van der Waals surface area contributed by atoms with Crippen LogP contribution < -0.4 is 0 Å². The molecule has 21 heavy (non-hydrogen) atoms. The third kappa shape index (κ3) is 3.34. The summed E-state index contributed by atoms with van der Waals surface area (Å²) in [5, 5.41) is 14.4. The lowest BCUT2D eigenvalue weighted by Gasteiger charge is -2.37. The molecule has 1 fully saturated rings. The molecule has 1 aliphatic rings. The molecule has 1 saturated heterocycles. The first-order chi connectivity index (χ1) is 10.2. The average Bonchev–Trinajstić information content (AvgIpc) is 2.97. The number of benzene rings is 1. The van der Waals surface area contributed by atoms with E-state index in [-0.39, 0.29) is 12.1 Å². The van der Waals surface area contributed by atoms with Crippen LogP contribution in [0, 0.1) is 0 Å². The van der Waals surface area contributed by atoms with Gasteiger partial charge in [0.1, 0.15) is 0 Å². The lowest BCUT2D eigenvalue weighted by molar-refractivity contribution is 0.0317. The van der Waals surface area contributed by atoms with Gasteiger partial charge in [0.25, 0.3) is 0 Å². The fourth-order valence-corrected chi connectivity index (χ4v) is 3.16. The molecular formula is C17H23N3O. The normalized spacial score (nSPS) is 21.3. The lowest BCUT2D eigenvalue weighted by Crippen LogP contribution is -2.45. The van der Waals surface area contributed by atoms with Crippen molar-refractivity contribution in [1.29, 1.82) is 0 Å². The Balaban J connectivity index is 1.72. The molecule has 1 aromatic heterocycles. The highest BCUT2D eigenvalue weighted by Gasteiger charge is 2.26. The summed E-state index contributed by atoms with van der Waals surface area (Å²) < 4.78 is 1.91. The SMILES string of the molecule is C[C@@H](O)[C@H]1CCCCN1Cc1cnn(-c2ccccc2)c1. The summed E-state index contributed by atoms with van der Waals surface area (Å²) >= 11 is 0. The number of aliphatic hydroxyl groups excluding tert-OH is 1. The maximum absolute atomic E-state index is 9.95. The summed E-state index contributed by atoms with van der Waals surface area (Å²) in [6.07, 6.45) is 7.27. The van der Waals surface area contributed by atoms with Crippen LogP contribution in [0.25, 0.3) is 5.69 Å². The highest BCUT2D eigenvalue weighted by Crippen LogP contribution is 2.22. The van der Waals surface area contributed by atoms with Gasteiger partial charge >= 0.3 is 0 Å². The third-order valence-electron chi connectivity index (χ3n) is 4.26. The summed E-state index contributed by atoms with van der Waals surface area (Å²) in [5.74, 6) is 0. The van der Waals surface area contributed by atoms with Gasteiger partial charge in [0.2, 0.25) is 0 Å². The first-order valence-electron chi connectivity index (χ1n) is 7.75. The fraction of sp³-hybridized carbons (Fsp3) is 0.471. The van der Waals surface area contributed by atoms with E-state index in [4.69, 9.17) is 0 Å². The maximum atomic E-state index is 9.95. The highest BCUT2D eigenvalue weighted by molar-refractivity contribution is 5.30. The Kier molecular flexibility index (Phi) is 4.36. The largest absolute Gasteiger partial charge is 0.392 e. The maximum Gasteiger partial charge on any atom is 0.0667 e. The van der Waals surface area contributed by atoms with Gasteiger partial charge in [-0.25, -0.2) is 4.68 Å². The van der Waals surface area contributed by atoms with Gasteiger partial charge in [-0.1, -0.05) is 24.6 Å². The van der Waals surface area contributed by atoms with Gasteiger partial charge < -0.3 is 5.11 Å². The summed E-state index contributed by atoms with van der Waals surface area (Å²) in [4.78, 5) is 2.39. The summed E-state index contributed by atoms with van der Waals surface area (Å²) in [6, 6.07) is 10.4. The molecule has 4 heteroatoms. The zero-order chi connectivity index (χ0) is 14.7. The van der Waals surface area contributed by atoms with Gasteiger partial charge in [0.05, 0.1) is 18.0 Å². The van der Waals surface area contributed by atoms with E-state index in [9.17, 15) is 5.11 Å². The number of piperidine rings is 1. The van der Waals surface area contributed by atoms with Crippen molar-refractivity contribution in [3.63, 3.8) is 0 Å². The Morgan fingerprint density at radius 3 is 2.86 bits per heavy atom. The van der Waals surface area contributed by atoms with E-state index in [2.05, 4.69) is 28.3 Å². The molecule has 1 N–H and O–H groups in total. The Labute approximate surface area is 126 Å². The Hall–Kier alpha value is -1.65. The summed E-state index contributed by atoms with van der Waals surface area (Å²) in [5.41, 5.74) is 2.28. The summed E-state index contributed by atoms with van der Waals surface area (Å²) in [7, 11) is 0. The van der Waals surface area contributed by atoms with Crippen LogP contribution in [0.4, 0.5) is 0 Å². The van der Waals surface area contributed by atoms with Crippen molar-refractivity contribution in [2.45, 2.75) is 44.9 Å². The van der Waals surface area contributed by atoms with Gasteiger partial charge in [0, 0.05) is 24.3 Å². The minimum atomic E-state index is -0.269. The molecule has 3 rings (SSSR count). The van der Waals surface area contributed by atoms with Crippen molar-refractivity contribution in [3.05, 3.63) is 48.3 Å². The van der Waals surface area contributed by atoms with E-state index in [1.54, 1.807) is 0 Å². The van der Waals surface area contributed by atoms with Gasteiger partial charge in [0.15, 0.2) is 0 Å². The van der Waals surface area contributed by atoms with E-state index < -0.39 is 0 Å². The van der Waals surface area contributed by atoms with Crippen LogP contribution in [0.5, 0.6) is 0 Å². The molecule has 0 amide bonds. The molecule has 2 atom stereocenters. The minimum absolute atomic E-state index is 0.269. The first-order valence-corrected chi connectivity index (χ1v) is 7.75. The predicted octanol–water partition coefficient (Wildman–Crippen LogP) is 2.61. The van der Waals surface area contributed by atoms with Crippen LogP contribution in [0.1, 0.15) is 31.7 Å². The highest BCUT2D eigenvalue weighted by atomic mass is 16.3. The number of rotatable bonds is 4. The van der Waals surface area contributed by atoms with Crippen LogP contribution in [0.3, 0.4) is 0 Å². The topological polar surface area (TPSA) is 41.3 Å². The van der Waals surface area contributed by atoms with Gasteiger partial charge in [-0.2, -0.15) is 5.10 Å². The molecule has 0 unspecified atom stereocenters. The van der Waals surface area contributed by atoms with Gasteiger partial charge in [-0.15, -0.1) is 0 Å². The lowest BCUT2D eigenvalue weighted by atomic mass is 9.98. The zero-order valence-corrected chi connectivity index (χ0v) is 12.5. The Morgan fingerprint density at radius 1 is 1.29 bits per heavy atom. The molecule has 1 aliphatic heterocycles. The number of para-hydroxylation sites is 1. The molecule has 0 spiro atoms. The second-order valence-electron chi connectivity index (χ2n) is 5.90. The molecule has 2 aromatic rings. The first kappa shape index (κ1) is 14.3. The van der Waals surface area contributed by atoms with Crippen molar-refractivity contribution in [1.82, 2.24) is 14.7 Å². The van der Waals surface area contributed by atoms with Crippen LogP contribution >= 0.6 is 0 Å². The second-order valence-corrected chi connectivity index (χ2v) is 5.90. The van der Waals surface area contributed by atoms with Crippen molar-refractivity contribution in [2.75, 3.05) is 6.54 Å². The second kappa shape index (κ2) is 6.41. The summed E-state index contributed by atoms with van der Waals surface area (Å²) in [6.45, 7) is 3.82. The van der Waals surface area contributed by atoms with E-state index in [0.29, 0.717) is 0 Å². The van der Waals surface area contributed by atoms with Crippen LogP contribution in [0.2, 0.25) is 0 Å². The molecule has 1 aromatic carbocycles. The van der Waals surface area contributed by atoms with E-state index in [0.717, 1.165) is 25.2 Å². The average molecular weight is 285 g/mol. The number of hydrogen-bond acceptors (Lipinski definition) is 3. The third-order valence-corrected chi connectivity index (χ3v) is 4.26. The van der Waals surface area contributed by atoms with Crippen LogP contribution in [-0.2, 0) is 6.54 Å². The number of likely N-dealkylation sites (tertiary alicyclic amines) is 1. The number of aliphatic hydroxyl groups is 1.